The molecule has 0 atom stereocenters. The zero-order chi connectivity index (χ0) is 7.95. The van der Waals surface area contributed by atoms with Gasteiger partial charge in [-0.05, 0) is 0 Å². The van der Waals surface area contributed by atoms with E-state index >= 15 is 0 Å². The van der Waals surface area contributed by atoms with Crippen molar-refractivity contribution in [1.82, 2.24) is 0 Å². The summed E-state index contributed by atoms with van der Waals surface area (Å²) in [5, 5.41) is 0. The van der Waals surface area contributed by atoms with Crippen LogP contribution in [0.2, 0.25) is 0 Å². The van der Waals surface area contributed by atoms with Crippen molar-refractivity contribution < 1.29 is 25.8 Å². The van der Waals surface area contributed by atoms with Gasteiger partial charge in [0.1, 0.15) is 0 Å². The summed E-state index contributed by atoms with van der Waals surface area (Å²) in [5.41, 5.74) is 0. The topological polar surface area (TPSA) is 0 Å². The Bertz CT molecular complexity index is 106. The zero-order valence-electron chi connectivity index (χ0n) is 4.22. The van der Waals surface area contributed by atoms with E-state index in [4.69, 9.17) is 0 Å². The molecule has 0 saturated heterocycles. The predicted molar refractivity (Wildman–Crippen MR) is 22.2 cm³/mol. The van der Waals surface area contributed by atoms with Gasteiger partial charge in [0.2, 0.25) is 0 Å². The van der Waals surface area contributed by atoms with Crippen molar-refractivity contribution in [1.29, 1.82) is 0 Å². The van der Waals surface area contributed by atoms with Gasteiger partial charge in [0.25, 0.3) is 0 Å². The Morgan fingerprint density at radius 3 is 1.11 bits per heavy atom. The molecule has 0 aliphatic rings. The molecule has 7 heteroatoms. The summed E-state index contributed by atoms with van der Waals surface area (Å²) in [7, 11) is -7.81. The minimum absolute atomic E-state index is 0.703. The van der Waals surface area contributed by atoms with E-state index in [9.17, 15) is 25.8 Å². The third-order valence-corrected chi connectivity index (χ3v) is 1.62. The van der Waals surface area contributed by atoms with Crippen molar-refractivity contribution in [3.05, 3.63) is 0 Å². The molecule has 0 nitrogen and oxygen atoms in total. The van der Waals surface area contributed by atoms with Gasteiger partial charge in [0.05, 0.1) is 0 Å². The second-order valence-corrected chi connectivity index (χ2v) is 4.50. The Hall–Kier alpha value is 0.01000. The Morgan fingerprint density at radius 1 is 1.00 bits per heavy atom. The van der Waals surface area contributed by atoms with Crippen LogP contribution in [0.5, 0.6) is 0 Å². The van der Waals surface area contributed by atoms with Crippen LogP contribution in [0.25, 0.3) is 0 Å². The molecule has 0 bridgehead atoms. The van der Waals surface area contributed by atoms with E-state index in [0.717, 1.165) is 0 Å². The minimum atomic E-state index is -7.81. The summed E-state index contributed by atoms with van der Waals surface area (Å²) in [4.78, 5) is 0. The third kappa shape index (κ3) is 2.01. The average Bonchev–Trinajstić information content (AvgIpc) is 1.20. The molecule has 9 heavy (non-hydrogen) atoms. The maximum absolute atomic E-state index is 11.3. The summed E-state index contributed by atoms with van der Waals surface area (Å²) in [5.74, 6) is -5.99. The standard InChI is InChI=1S/C2H3F6P/c1-9(6,7,8)2(3,4)5/h1H3. The molecular formula is C2H3F6P. The molecular weight excluding hydrogens is 169 g/mol. The first-order valence-corrected chi connectivity index (χ1v) is 4.10. The van der Waals surface area contributed by atoms with Gasteiger partial charge in [-0.1, -0.05) is 0 Å². The monoisotopic (exact) mass is 172 g/mol. The summed E-state index contributed by atoms with van der Waals surface area (Å²) < 4.78 is 66.4. The van der Waals surface area contributed by atoms with Crippen molar-refractivity contribution in [3.8, 4) is 0 Å². The van der Waals surface area contributed by atoms with E-state index in [1.54, 1.807) is 0 Å². The van der Waals surface area contributed by atoms with Gasteiger partial charge in [0.15, 0.2) is 0 Å². The number of halogens is 6. The van der Waals surface area contributed by atoms with E-state index in [1.807, 2.05) is 0 Å². The second-order valence-electron chi connectivity index (χ2n) is 1.64. The van der Waals surface area contributed by atoms with Gasteiger partial charge in [-0.2, -0.15) is 0 Å². The summed E-state index contributed by atoms with van der Waals surface area (Å²) >= 11 is 0. The molecule has 0 amide bonds. The van der Waals surface area contributed by atoms with Crippen molar-refractivity contribution in [2.24, 2.45) is 0 Å². The van der Waals surface area contributed by atoms with E-state index < -0.39 is 20.1 Å². The van der Waals surface area contributed by atoms with Crippen molar-refractivity contribution in [3.63, 3.8) is 0 Å². The van der Waals surface area contributed by atoms with Crippen LogP contribution < -0.4 is 0 Å². The zero-order valence-corrected chi connectivity index (χ0v) is 5.11. The van der Waals surface area contributed by atoms with Gasteiger partial charge < -0.3 is 0 Å². The Labute approximate surface area is 47.1 Å². The average molecular weight is 172 g/mol. The summed E-state index contributed by atoms with van der Waals surface area (Å²) in [6.45, 7) is -0.703. The van der Waals surface area contributed by atoms with Crippen molar-refractivity contribution >= 4 is 7.54 Å². The fourth-order valence-electron chi connectivity index (χ4n) is 0. The van der Waals surface area contributed by atoms with Gasteiger partial charge in [-0.3, -0.25) is 0 Å². The molecule has 0 fully saturated rings. The number of hydrogen-bond donors (Lipinski definition) is 0. The van der Waals surface area contributed by atoms with Crippen molar-refractivity contribution in [2.45, 2.75) is 5.92 Å². The number of alkyl halides is 3. The van der Waals surface area contributed by atoms with Gasteiger partial charge >= 0.3 is 45.9 Å². The predicted octanol–water partition coefficient (Wildman–Crippen LogP) is 3.34. The van der Waals surface area contributed by atoms with Crippen molar-refractivity contribution in [2.75, 3.05) is 6.66 Å². The second kappa shape index (κ2) is 1.54. The molecule has 0 aliphatic carbocycles. The number of hydrogen-bond acceptors (Lipinski definition) is 0. The van der Waals surface area contributed by atoms with Crippen LogP contribution >= 0.6 is 7.54 Å². The first kappa shape index (κ1) is 9.01. The Morgan fingerprint density at radius 2 is 1.11 bits per heavy atom. The molecule has 0 spiro atoms. The molecule has 0 unspecified atom stereocenters. The molecule has 58 valence electrons. The molecule has 0 saturated carbocycles. The van der Waals surface area contributed by atoms with Crippen LogP contribution in [0.4, 0.5) is 25.8 Å². The molecule has 0 heterocycles. The van der Waals surface area contributed by atoms with E-state index in [1.165, 1.54) is 0 Å². The van der Waals surface area contributed by atoms with E-state index in [-0.39, 0.29) is 0 Å². The summed E-state index contributed by atoms with van der Waals surface area (Å²) in [6.07, 6.45) is 0. The van der Waals surface area contributed by atoms with Crippen LogP contribution in [0.3, 0.4) is 0 Å². The van der Waals surface area contributed by atoms with Crippen LogP contribution in [0, 0.1) is 0 Å². The van der Waals surface area contributed by atoms with Gasteiger partial charge in [-0.15, -0.1) is 0 Å². The first-order chi connectivity index (χ1) is 3.51. The van der Waals surface area contributed by atoms with Gasteiger partial charge in [-0.25, -0.2) is 0 Å². The van der Waals surface area contributed by atoms with E-state index in [2.05, 4.69) is 0 Å². The Kier molecular flexibility index (Phi) is 1.54. The molecule has 0 aromatic rings. The van der Waals surface area contributed by atoms with E-state index in [0.29, 0.717) is 0 Å². The fourth-order valence-corrected chi connectivity index (χ4v) is 0. The van der Waals surface area contributed by atoms with Crippen LogP contribution in [0.15, 0.2) is 0 Å². The molecule has 0 aromatic carbocycles. The quantitative estimate of drug-likeness (QED) is 0.388. The third-order valence-electron chi connectivity index (χ3n) is 0.541. The molecule has 0 radical (unpaired) electrons. The molecule has 0 aromatic heterocycles. The summed E-state index contributed by atoms with van der Waals surface area (Å²) in [6, 6.07) is 0. The molecule has 0 rings (SSSR count). The SMILES string of the molecule is CP(F)(F)(F)C(F)(F)F. The Balaban J connectivity index is 4.56. The molecule has 0 aliphatic heterocycles. The van der Waals surface area contributed by atoms with Crippen LogP contribution in [0.1, 0.15) is 0 Å². The maximum atomic E-state index is 11.3. The van der Waals surface area contributed by atoms with Gasteiger partial charge in [0, 0.05) is 0 Å². The van der Waals surface area contributed by atoms with Crippen LogP contribution in [-0.2, 0) is 0 Å². The molecule has 0 N–H and O–H groups in total. The normalized spacial score (nSPS) is 18.8. The number of rotatable bonds is 0. The van der Waals surface area contributed by atoms with Crippen LogP contribution in [-0.4, -0.2) is 12.6 Å². The first-order valence-electron chi connectivity index (χ1n) is 1.74. The fraction of sp³-hybridized carbons (Fsp3) is 1.00.